The van der Waals surface area contributed by atoms with Gasteiger partial charge in [0.15, 0.2) is 0 Å². The van der Waals surface area contributed by atoms with E-state index >= 15 is 0 Å². The highest BCUT2D eigenvalue weighted by molar-refractivity contribution is 7.99. The number of benzene rings is 2. The average molecular weight is 352 g/mol. The summed E-state index contributed by atoms with van der Waals surface area (Å²) in [7, 11) is 0. The maximum absolute atomic E-state index is 11.7. The Morgan fingerprint density at radius 2 is 2.00 bits per heavy atom. The van der Waals surface area contributed by atoms with Crippen LogP contribution >= 0.6 is 23.4 Å². The van der Waals surface area contributed by atoms with Crippen LogP contribution in [0, 0.1) is 10.1 Å². The van der Waals surface area contributed by atoms with Crippen molar-refractivity contribution in [1.82, 2.24) is 0 Å². The molecule has 2 aromatic rings. The van der Waals surface area contributed by atoms with Crippen LogP contribution in [0.3, 0.4) is 0 Å². The molecule has 0 spiro atoms. The highest BCUT2D eigenvalue weighted by atomic mass is 35.5. The summed E-state index contributed by atoms with van der Waals surface area (Å²) in [6.45, 7) is 0.0251. The van der Waals surface area contributed by atoms with Gasteiger partial charge in [-0.15, -0.1) is 11.8 Å². The Morgan fingerprint density at radius 1 is 1.22 bits per heavy atom. The molecule has 0 aliphatic carbocycles. The van der Waals surface area contributed by atoms with Crippen molar-refractivity contribution in [2.24, 2.45) is 0 Å². The second-order valence-corrected chi connectivity index (χ2v) is 6.16. The van der Waals surface area contributed by atoms with E-state index < -0.39 is 4.92 Å². The molecule has 0 saturated heterocycles. The molecule has 2 aromatic carbocycles. The van der Waals surface area contributed by atoms with Crippen molar-refractivity contribution in [3.05, 3.63) is 69.2 Å². The lowest BCUT2D eigenvalue weighted by molar-refractivity contribution is -0.384. The first kappa shape index (κ1) is 17.3. The van der Waals surface area contributed by atoms with Crippen molar-refractivity contribution in [3.8, 4) is 0 Å². The highest BCUT2D eigenvalue weighted by Gasteiger charge is 2.08. The van der Waals surface area contributed by atoms with Crippen LogP contribution in [-0.4, -0.2) is 16.6 Å². The molecule has 0 saturated carbocycles. The van der Waals surface area contributed by atoms with Gasteiger partial charge in [-0.25, -0.2) is 0 Å². The minimum Gasteiger partial charge on any atom is -0.461 e. The van der Waals surface area contributed by atoms with Gasteiger partial charge in [0, 0.05) is 22.8 Å². The van der Waals surface area contributed by atoms with Crippen LogP contribution in [0.25, 0.3) is 0 Å². The lowest BCUT2D eigenvalue weighted by Gasteiger charge is -2.06. The Labute approximate surface area is 142 Å². The number of halogens is 1. The molecule has 7 heteroatoms. The van der Waals surface area contributed by atoms with Crippen molar-refractivity contribution in [2.45, 2.75) is 17.9 Å². The summed E-state index contributed by atoms with van der Waals surface area (Å²) in [5.74, 6) is 0.202. The summed E-state index contributed by atoms with van der Waals surface area (Å²) in [5, 5.41) is 11.3. The Kier molecular flexibility index (Phi) is 6.43. The number of hydrogen-bond donors (Lipinski definition) is 0. The highest BCUT2D eigenvalue weighted by Crippen LogP contribution is 2.27. The van der Waals surface area contributed by atoms with E-state index in [0.717, 1.165) is 4.90 Å². The molecule has 0 radical (unpaired) electrons. The van der Waals surface area contributed by atoms with E-state index in [1.54, 1.807) is 18.2 Å². The summed E-state index contributed by atoms with van der Waals surface area (Å²) < 4.78 is 5.12. The fourth-order valence-corrected chi connectivity index (χ4v) is 2.97. The fraction of sp³-hybridized carbons (Fsp3) is 0.188. The maximum atomic E-state index is 11.7. The van der Waals surface area contributed by atoms with Gasteiger partial charge in [-0.2, -0.15) is 0 Å². The van der Waals surface area contributed by atoms with Crippen LogP contribution in [0.2, 0.25) is 5.02 Å². The lowest BCUT2D eigenvalue weighted by atomic mass is 10.2. The summed E-state index contributed by atoms with van der Waals surface area (Å²) in [5.41, 5.74) is 0.569. The van der Waals surface area contributed by atoms with Crippen molar-refractivity contribution in [3.63, 3.8) is 0 Å². The Balaban J connectivity index is 1.76. The van der Waals surface area contributed by atoms with Crippen LogP contribution in [0.15, 0.2) is 53.4 Å². The first-order valence-corrected chi connectivity index (χ1v) is 8.19. The molecule has 0 N–H and O–H groups in total. The van der Waals surface area contributed by atoms with E-state index in [-0.39, 0.29) is 24.7 Å². The molecule has 0 unspecified atom stereocenters. The molecule has 0 aliphatic rings. The SMILES string of the molecule is O=C(CCSc1ccccc1Cl)OCc1cccc([N+](=O)[O-])c1. The largest absolute Gasteiger partial charge is 0.461 e. The van der Waals surface area contributed by atoms with Crippen LogP contribution in [0.4, 0.5) is 5.69 Å². The molecule has 0 amide bonds. The van der Waals surface area contributed by atoms with Gasteiger partial charge in [0.2, 0.25) is 0 Å². The minimum atomic E-state index is -0.481. The van der Waals surface area contributed by atoms with Gasteiger partial charge < -0.3 is 4.74 Å². The van der Waals surface area contributed by atoms with Gasteiger partial charge in [-0.05, 0) is 17.7 Å². The molecule has 23 heavy (non-hydrogen) atoms. The van der Waals surface area contributed by atoms with Gasteiger partial charge in [0.05, 0.1) is 16.4 Å². The van der Waals surface area contributed by atoms with E-state index in [4.69, 9.17) is 16.3 Å². The van der Waals surface area contributed by atoms with E-state index in [1.807, 2.05) is 18.2 Å². The molecule has 0 aliphatic heterocycles. The summed E-state index contributed by atoms with van der Waals surface area (Å²) in [4.78, 5) is 22.8. The van der Waals surface area contributed by atoms with Gasteiger partial charge in [0.1, 0.15) is 6.61 Å². The van der Waals surface area contributed by atoms with Crippen LogP contribution in [0.5, 0.6) is 0 Å². The van der Waals surface area contributed by atoms with Crippen molar-refractivity contribution < 1.29 is 14.5 Å². The van der Waals surface area contributed by atoms with E-state index in [0.29, 0.717) is 16.3 Å². The number of rotatable bonds is 7. The Bertz CT molecular complexity index is 708. The molecule has 2 rings (SSSR count). The smallest absolute Gasteiger partial charge is 0.306 e. The number of nitro groups is 1. The second-order valence-electron chi connectivity index (χ2n) is 4.62. The van der Waals surface area contributed by atoms with Gasteiger partial charge in [0.25, 0.3) is 5.69 Å². The van der Waals surface area contributed by atoms with Crippen molar-refractivity contribution in [1.29, 1.82) is 0 Å². The number of carbonyl (C=O) groups excluding carboxylic acids is 1. The summed E-state index contributed by atoms with van der Waals surface area (Å²) >= 11 is 7.51. The summed E-state index contributed by atoms with van der Waals surface area (Å²) in [6.07, 6.45) is 0.241. The molecule has 0 heterocycles. The normalized spacial score (nSPS) is 10.3. The van der Waals surface area contributed by atoms with Gasteiger partial charge in [-0.3, -0.25) is 14.9 Å². The number of esters is 1. The zero-order valence-corrected chi connectivity index (χ0v) is 13.7. The van der Waals surface area contributed by atoms with E-state index in [9.17, 15) is 14.9 Å². The molecule has 0 atom stereocenters. The fourth-order valence-electron chi connectivity index (χ4n) is 1.80. The lowest BCUT2D eigenvalue weighted by Crippen LogP contribution is -2.05. The predicted octanol–water partition coefficient (Wildman–Crippen LogP) is 4.47. The third-order valence-corrected chi connectivity index (χ3v) is 4.44. The number of non-ortho nitro benzene ring substituents is 1. The molecule has 0 aromatic heterocycles. The average Bonchev–Trinajstić information content (AvgIpc) is 2.55. The van der Waals surface area contributed by atoms with Crippen LogP contribution in [-0.2, 0) is 16.1 Å². The van der Waals surface area contributed by atoms with Gasteiger partial charge >= 0.3 is 5.97 Å². The van der Waals surface area contributed by atoms with Crippen molar-refractivity contribution in [2.75, 3.05) is 5.75 Å². The molecular weight excluding hydrogens is 338 g/mol. The first-order chi connectivity index (χ1) is 11.1. The minimum absolute atomic E-state index is 0.0205. The molecule has 120 valence electrons. The van der Waals surface area contributed by atoms with Gasteiger partial charge in [-0.1, -0.05) is 35.9 Å². The zero-order chi connectivity index (χ0) is 16.7. The third-order valence-electron chi connectivity index (χ3n) is 2.92. The zero-order valence-electron chi connectivity index (χ0n) is 12.1. The van der Waals surface area contributed by atoms with Crippen molar-refractivity contribution >= 4 is 35.0 Å². The molecular formula is C16H14ClNO4S. The van der Waals surface area contributed by atoms with Crippen LogP contribution in [0.1, 0.15) is 12.0 Å². The molecule has 0 fully saturated rings. The number of nitrogens with zero attached hydrogens (tertiary/aromatic N) is 1. The second kappa shape index (κ2) is 8.55. The standard InChI is InChI=1S/C16H14ClNO4S/c17-14-6-1-2-7-15(14)23-9-8-16(19)22-11-12-4-3-5-13(10-12)18(20)21/h1-7,10H,8-9,11H2. The Morgan fingerprint density at radius 3 is 2.74 bits per heavy atom. The molecule has 5 nitrogen and oxygen atoms in total. The van der Waals surface area contributed by atoms with E-state index in [1.165, 1.54) is 23.9 Å². The number of carbonyl (C=O) groups is 1. The summed E-state index contributed by atoms with van der Waals surface area (Å²) in [6, 6.07) is 13.4. The first-order valence-electron chi connectivity index (χ1n) is 6.82. The Hall–Kier alpha value is -2.05. The molecule has 0 bridgehead atoms. The predicted molar refractivity (Wildman–Crippen MR) is 89.7 cm³/mol. The quantitative estimate of drug-likeness (QED) is 0.318. The number of hydrogen-bond acceptors (Lipinski definition) is 5. The number of ether oxygens (including phenoxy) is 1. The van der Waals surface area contributed by atoms with Crippen LogP contribution < -0.4 is 0 Å². The maximum Gasteiger partial charge on any atom is 0.306 e. The topological polar surface area (TPSA) is 69.4 Å². The van der Waals surface area contributed by atoms with E-state index in [2.05, 4.69) is 0 Å². The third kappa shape index (κ3) is 5.58. The number of nitro benzene ring substituents is 1. The number of thioether (sulfide) groups is 1. The monoisotopic (exact) mass is 351 g/mol.